The maximum atomic E-state index is 9.22. The Bertz CT molecular complexity index is 103. The summed E-state index contributed by atoms with van der Waals surface area (Å²) < 4.78 is 0. The molecule has 1 rings (SSSR count). The molecule has 0 aromatic heterocycles. The topological polar surface area (TPSA) is 32.3 Å². The molecule has 0 saturated carbocycles. The summed E-state index contributed by atoms with van der Waals surface area (Å²) in [5.41, 5.74) is 0. The number of nitrogens with one attached hydrogen (secondary N) is 1. The van der Waals surface area contributed by atoms with Gasteiger partial charge in [0.05, 0.1) is 0 Å². The summed E-state index contributed by atoms with van der Waals surface area (Å²) in [5.74, 6) is 1.44. The lowest BCUT2D eigenvalue weighted by Gasteiger charge is -2.29. The van der Waals surface area contributed by atoms with E-state index in [9.17, 15) is 5.11 Å². The Morgan fingerprint density at radius 2 is 2.20 bits per heavy atom. The van der Waals surface area contributed by atoms with E-state index in [4.69, 9.17) is 0 Å². The Morgan fingerprint density at radius 3 is 2.60 bits per heavy atom. The predicted molar refractivity (Wildman–Crippen MR) is 41.6 cm³/mol. The van der Waals surface area contributed by atoms with Gasteiger partial charge in [0.25, 0.3) is 0 Å². The zero-order valence-corrected chi connectivity index (χ0v) is 6.80. The highest BCUT2D eigenvalue weighted by molar-refractivity contribution is 4.73. The second-order valence-corrected chi connectivity index (χ2v) is 3.50. The van der Waals surface area contributed by atoms with E-state index in [1.165, 1.54) is 6.42 Å². The third kappa shape index (κ3) is 1.96. The van der Waals surface area contributed by atoms with Gasteiger partial charge in [-0.1, -0.05) is 13.8 Å². The quantitative estimate of drug-likeness (QED) is 0.573. The molecule has 0 bridgehead atoms. The predicted octanol–water partition coefficient (Wildman–Crippen LogP) is 0.960. The van der Waals surface area contributed by atoms with E-state index in [0.29, 0.717) is 0 Å². The molecular weight excluding hydrogens is 126 g/mol. The summed E-state index contributed by atoms with van der Waals surface area (Å²) >= 11 is 0. The molecule has 1 aliphatic rings. The number of aliphatic hydroxyl groups is 1. The largest absolute Gasteiger partial charge is 0.379 e. The molecule has 1 fully saturated rings. The second kappa shape index (κ2) is 3.35. The molecule has 2 N–H and O–H groups in total. The standard InChI is InChI=1S/C8H17NO/c1-6(2)7-3-4-9-8(10)5-7/h6-10H,3-5H2,1-2H3/t7-,8-/m0/s1. The van der Waals surface area contributed by atoms with Gasteiger partial charge in [-0.15, -0.1) is 0 Å². The molecule has 0 spiro atoms. The summed E-state index contributed by atoms with van der Waals surface area (Å²) in [6.45, 7) is 5.43. The third-order valence-corrected chi connectivity index (χ3v) is 2.36. The van der Waals surface area contributed by atoms with Crippen molar-refractivity contribution in [3.8, 4) is 0 Å². The minimum absolute atomic E-state index is 0.249. The van der Waals surface area contributed by atoms with Crippen LogP contribution < -0.4 is 5.32 Å². The number of rotatable bonds is 1. The van der Waals surface area contributed by atoms with Gasteiger partial charge in [0, 0.05) is 0 Å². The zero-order valence-electron chi connectivity index (χ0n) is 6.80. The van der Waals surface area contributed by atoms with E-state index in [1.54, 1.807) is 0 Å². The maximum Gasteiger partial charge on any atom is 0.105 e. The lowest BCUT2D eigenvalue weighted by molar-refractivity contribution is 0.0675. The molecular formula is C8H17NO. The average molecular weight is 143 g/mol. The van der Waals surface area contributed by atoms with Gasteiger partial charge in [-0.3, -0.25) is 5.32 Å². The molecule has 0 aliphatic carbocycles. The first kappa shape index (κ1) is 8.02. The van der Waals surface area contributed by atoms with Crippen molar-refractivity contribution in [3.63, 3.8) is 0 Å². The molecule has 0 radical (unpaired) electrons. The van der Waals surface area contributed by atoms with Crippen molar-refractivity contribution in [3.05, 3.63) is 0 Å². The van der Waals surface area contributed by atoms with Crippen LogP contribution in [0.1, 0.15) is 26.7 Å². The smallest absolute Gasteiger partial charge is 0.105 e. The van der Waals surface area contributed by atoms with Crippen LogP contribution in [0, 0.1) is 11.8 Å². The molecule has 1 heterocycles. The lowest BCUT2D eigenvalue weighted by atomic mass is 9.87. The fourth-order valence-electron chi connectivity index (χ4n) is 1.53. The van der Waals surface area contributed by atoms with Crippen molar-refractivity contribution in [1.82, 2.24) is 5.32 Å². The van der Waals surface area contributed by atoms with Crippen LogP contribution in [0.4, 0.5) is 0 Å². The van der Waals surface area contributed by atoms with Gasteiger partial charge < -0.3 is 5.11 Å². The van der Waals surface area contributed by atoms with E-state index in [2.05, 4.69) is 19.2 Å². The van der Waals surface area contributed by atoms with Crippen molar-refractivity contribution in [1.29, 1.82) is 0 Å². The van der Waals surface area contributed by atoms with Crippen LogP contribution in [0.25, 0.3) is 0 Å². The molecule has 1 aliphatic heterocycles. The van der Waals surface area contributed by atoms with Crippen LogP contribution in [-0.2, 0) is 0 Å². The average Bonchev–Trinajstić information content (AvgIpc) is 1.88. The number of aliphatic hydroxyl groups excluding tert-OH is 1. The lowest BCUT2D eigenvalue weighted by Crippen LogP contribution is -2.39. The van der Waals surface area contributed by atoms with E-state index in [1.807, 2.05) is 0 Å². The zero-order chi connectivity index (χ0) is 7.56. The Labute approximate surface area is 62.6 Å². The van der Waals surface area contributed by atoms with Crippen LogP contribution in [0.5, 0.6) is 0 Å². The van der Waals surface area contributed by atoms with Crippen molar-refractivity contribution in [2.45, 2.75) is 32.9 Å². The Kier molecular flexibility index (Phi) is 2.69. The molecule has 10 heavy (non-hydrogen) atoms. The van der Waals surface area contributed by atoms with Crippen LogP contribution in [-0.4, -0.2) is 17.9 Å². The first-order chi connectivity index (χ1) is 4.70. The summed E-state index contributed by atoms with van der Waals surface area (Å²) in [4.78, 5) is 0. The number of hydrogen-bond acceptors (Lipinski definition) is 2. The van der Waals surface area contributed by atoms with Crippen molar-refractivity contribution < 1.29 is 5.11 Å². The maximum absolute atomic E-state index is 9.22. The van der Waals surface area contributed by atoms with Gasteiger partial charge in [-0.25, -0.2) is 0 Å². The van der Waals surface area contributed by atoms with Crippen molar-refractivity contribution in [2.24, 2.45) is 11.8 Å². The Morgan fingerprint density at radius 1 is 1.50 bits per heavy atom. The van der Waals surface area contributed by atoms with E-state index >= 15 is 0 Å². The second-order valence-electron chi connectivity index (χ2n) is 3.50. The molecule has 0 aromatic rings. The van der Waals surface area contributed by atoms with Gasteiger partial charge in [0.15, 0.2) is 0 Å². The van der Waals surface area contributed by atoms with E-state index in [0.717, 1.165) is 24.8 Å². The van der Waals surface area contributed by atoms with Crippen LogP contribution in [0.2, 0.25) is 0 Å². The van der Waals surface area contributed by atoms with Crippen LogP contribution in [0.3, 0.4) is 0 Å². The SMILES string of the molecule is CC(C)[C@H]1CCN[C@@H](O)C1. The summed E-state index contributed by atoms with van der Waals surface area (Å²) in [6, 6.07) is 0. The summed E-state index contributed by atoms with van der Waals surface area (Å²) in [5, 5.41) is 12.2. The van der Waals surface area contributed by atoms with Gasteiger partial charge in [-0.2, -0.15) is 0 Å². The molecule has 0 amide bonds. The summed E-state index contributed by atoms with van der Waals surface area (Å²) in [7, 11) is 0. The van der Waals surface area contributed by atoms with Crippen molar-refractivity contribution >= 4 is 0 Å². The molecule has 2 nitrogen and oxygen atoms in total. The number of hydrogen-bond donors (Lipinski definition) is 2. The molecule has 60 valence electrons. The highest BCUT2D eigenvalue weighted by Gasteiger charge is 2.21. The Balaban J connectivity index is 2.32. The minimum Gasteiger partial charge on any atom is -0.379 e. The molecule has 1 saturated heterocycles. The van der Waals surface area contributed by atoms with Gasteiger partial charge >= 0.3 is 0 Å². The Hall–Kier alpha value is -0.0800. The number of piperidine rings is 1. The van der Waals surface area contributed by atoms with Crippen LogP contribution >= 0.6 is 0 Å². The molecule has 0 aromatic carbocycles. The third-order valence-electron chi connectivity index (χ3n) is 2.36. The first-order valence-corrected chi connectivity index (χ1v) is 4.11. The highest BCUT2D eigenvalue weighted by Crippen LogP contribution is 2.22. The monoisotopic (exact) mass is 143 g/mol. The fraction of sp³-hybridized carbons (Fsp3) is 1.00. The van der Waals surface area contributed by atoms with Gasteiger partial charge in [-0.05, 0) is 31.2 Å². The summed E-state index contributed by atoms with van der Waals surface area (Å²) in [6.07, 6.45) is 1.90. The fourth-order valence-corrected chi connectivity index (χ4v) is 1.53. The van der Waals surface area contributed by atoms with E-state index in [-0.39, 0.29) is 6.23 Å². The van der Waals surface area contributed by atoms with Gasteiger partial charge in [0.1, 0.15) is 6.23 Å². The van der Waals surface area contributed by atoms with Gasteiger partial charge in [0.2, 0.25) is 0 Å². The molecule has 2 atom stereocenters. The van der Waals surface area contributed by atoms with Crippen molar-refractivity contribution in [2.75, 3.05) is 6.54 Å². The molecule has 0 unspecified atom stereocenters. The molecule has 2 heteroatoms. The first-order valence-electron chi connectivity index (χ1n) is 4.11. The highest BCUT2D eigenvalue weighted by atomic mass is 16.3. The normalized spacial score (nSPS) is 34.8. The van der Waals surface area contributed by atoms with Crippen LogP contribution in [0.15, 0.2) is 0 Å². The van der Waals surface area contributed by atoms with E-state index < -0.39 is 0 Å². The minimum atomic E-state index is -0.249.